The molecule has 0 aromatic heterocycles. The standard InChI is InChI=1S/C22H35N3O2.2ClH/c1-17-13-25(14-18(2)27-17)15-19-8-4-5-9-20(19)24-21(26)12-22(16-23)10-6-3-7-11-22;;/h4-5,8-9,17-18H,3,6-7,10-16,23H2,1-2H3,(H,24,26);2*1H. The normalized spacial score (nSPS) is 24.1. The summed E-state index contributed by atoms with van der Waals surface area (Å²) in [6.45, 7) is 7.51. The molecule has 1 saturated carbocycles. The second-order valence-electron chi connectivity index (χ2n) is 8.60. The molecule has 1 aromatic rings. The van der Waals surface area contributed by atoms with Gasteiger partial charge in [-0.15, -0.1) is 24.8 Å². The van der Waals surface area contributed by atoms with E-state index in [1.807, 2.05) is 18.2 Å². The number of morpholine rings is 1. The molecule has 29 heavy (non-hydrogen) atoms. The smallest absolute Gasteiger partial charge is 0.224 e. The van der Waals surface area contributed by atoms with Crippen molar-refractivity contribution < 1.29 is 9.53 Å². The Labute approximate surface area is 187 Å². The molecule has 5 nitrogen and oxygen atoms in total. The van der Waals surface area contributed by atoms with Crippen LogP contribution in [0.4, 0.5) is 5.69 Å². The van der Waals surface area contributed by atoms with Crippen LogP contribution in [-0.2, 0) is 16.1 Å². The highest BCUT2D eigenvalue weighted by Gasteiger charge is 2.33. The molecule has 2 fully saturated rings. The van der Waals surface area contributed by atoms with E-state index in [9.17, 15) is 4.79 Å². The Kier molecular flexibility index (Phi) is 10.9. The van der Waals surface area contributed by atoms with Gasteiger partial charge in [0.2, 0.25) is 5.91 Å². The van der Waals surface area contributed by atoms with Gasteiger partial charge < -0.3 is 15.8 Å². The minimum absolute atomic E-state index is 0. The number of nitrogens with zero attached hydrogens (tertiary/aromatic N) is 1. The molecule has 3 rings (SSSR count). The number of ether oxygens (including phenoxy) is 1. The maximum Gasteiger partial charge on any atom is 0.224 e. The van der Waals surface area contributed by atoms with E-state index in [1.165, 1.54) is 19.3 Å². The average Bonchev–Trinajstić information content (AvgIpc) is 2.63. The molecule has 7 heteroatoms. The molecule has 3 N–H and O–H groups in total. The molecule has 0 spiro atoms. The summed E-state index contributed by atoms with van der Waals surface area (Å²) >= 11 is 0. The third-order valence-corrected chi connectivity index (χ3v) is 6.06. The number of rotatable bonds is 6. The second-order valence-corrected chi connectivity index (χ2v) is 8.60. The van der Waals surface area contributed by atoms with Gasteiger partial charge in [0.25, 0.3) is 0 Å². The minimum Gasteiger partial charge on any atom is -0.373 e. The van der Waals surface area contributed by atoms with E-state index in [0.29, 0.717) is 13.0 Å². The summed E-state index contributed by atoms with van der Waals surface area (Å²) in [5, 5.41) is 3.18. The Morgan fingerprint density at radius 3 is 2.38 bits per heavy atom. The van der Waals surface area contributed by atoms with Crippen LogP contribution in [0, 0.1) is 5.41 Å². The number of hydrogen-bond donors (Lipinski definition) is 2. The number of carbonyl (C=O) groups is 1. The van der Waals surface area contributed by atoms with Crippen molar-refractivity contribution in [3.05, 3.63) is 29.8 Å². The number of halogens is 2. The van der Waals surface area contributed by atoms with Crippen molar-refractivity contribution in [3.8, 4) is 0 Å². The second kappa shape index (κ2) is 12.1. The number of amides is 1. The molecular weight excluding hydrogens is 409 g/mol. The largest absolute Gasteiger partial charge is 0.373 e. The first kappa shape index (κ1) is 26.2. The number of para-hydroxylation sites is 1. The van der Waals surface area contributed by atoms with Crippen LogP contribution >= 0.6 is 24.8 Å². The number of hydrogen-bond acceptors (Lipinski definition) is 4. The number of nitrogens with two attached hydrogens (primary N) is 1. The maximum absolute atomic E-state index is 12.8. The molecule has 1 saturated heterocycles. The van der Waals surface area contributed by atoms with Crippen molar-refractivity contribution in [2.75, 3.05) is 25.0 Å². The Balaban J connectivity index is 0.00000210. The van der Waals surface area contributed by atoms with E-state index in [-0.39, 0.29) is 48.3 Å². The van der Waals surface area contributed by atoms with Crippen molar-refractivity contribution in [1.82, 2.24) is 4.90 Å². The molecule has 1 amide bonds. The fourth-order valence-corrected chi connectivity index (χ4v) is 4.72. The summed E-state index contributed by atoms with van der Waals surface area (Å²) < 4.78 is 5.83. The maximum atomic E-state index is 12.8. The molecule has 1 heterocycles. The third-order valence-electron chi connectivity index (χ3n) is 6.06. The quantitative estimate of drug-likeness (QED) is 0.681. The molecule has 0 bridgehead atoms. The molecule has 0 radical (unpaired) electrons. The van der Waals surface area contributed by atoms with E-state index in [1.54, 1.807) is 0 Å². The topological polar surface area (TPSA) is 67.6 Å². The fourth-order valence-electron chi connectivity index (χ4n) is 4.72. The lowest BCUT2D eigenvalue weighted by atomic mass is 9.71. The average molecular weight is 446 g/mol. The van der Waals surface area contributed by atoms with E-state index in [0.717, 1.165) is 43.7 Å². The molecule has 1 aliphatic carbocycles. The van der Waals surface area contributed by atoms with Crippen molar-refractivity contribution >= 4 is 36.4 Å². The van der Waals surface area contributed by atoms with Crippen LogP contribution < -0.4 is 11.1 Å². The number of nitrogens with one attached hydrogen (secondary N) is 1. The zero-order valence-corrected chi connectivity index (χ0v) is 19.3. The summed E-state index contributed by atoms with van der Waals surface area (Å²) in [6.07, 6.45) is 6.80. The van der Waals surface area contributed by atoms with E-state index < -0.39 is 0 Å². The summed E-state index contributed by atoms with van der Waals surface area (Å²) in [5.41, 5.74) is 8.15. The highest BCUT2D eigenvalue weighted by molar-refractivity contribution is 5.92. The first-order chi connectivity index (χ1) is 13.0. The molecular formula is C22H37Cl2N3O2. The Hall–Kier alpha value is -0.850. The molecule has 1 aromatic carbocycles. The van der Waals surface area contributed by atoms with Crippen molar-refractivity contribution in [2.24, 2.45) is 11.1 Å². The van der Waals surface area contributed by atoms with Crippen LogP contribution in [0.3, 0.4) is 0 Å². The lowest BCUT2D eigenvalue weighted by Gasteiger charge is -2.36. The van der Waals surface area contributed by atoms with Crippen molar-refractivity contribution in [3.63, 3.8) is 0 Å². The number of anilines is 1. The van der Waals surface area contributed by atoms with Crippen LogP contribution in [0.5, 0.6) is 0 Å². The molecule has 2 atom stereocenters. The Morgan fingerprint density at radius 1 is 1.14 bits per heavy atom. The molecule has 1 aliphatic heterocycles. The van der Waals surface area contributed by atoms with E-state index >= 15 is 0 Å². The summed E-state index contributed by atoms with van der Waals surface area (Å²) in [4.78, 5) is 15.2. The molecule has 2 aliphatic rings. The summed E-state index contributed by atoms with van der Waals surface area (Å²) in [5.74, 6) is 0.0958. The van der Waals surface area contributed by atoms with Crippen LogP contribution in [0.15, 0.2) is 24.3 Å². The lowest BCUT2D eigenvalue weighted by Crippen LogP contribution is -2.44. The van der Waals surface area contributed by atoms with Gasteiger partial charge in [0.05, 0.1) is 12.2 Å². The lowest BCUT2D eigenvalue weighted by molar-refractivity contribution is -0.118. The third kappa shape index (κ3) is 7.41. The monoisotopic (exact) mass is 445 g/mol. The predicted molar refractivity (Wildman–Crippen MR) is 124 cm³/mol. The Bertz CT molecular complexity index is 628. The van der Waals surface area contributed by atoms with Crippen molar-refractivity contribution in [2.45, 2.75) is 71.1 Å². The van der Waals surface area contributed by atoms with Gasteiger partial charge in [0, 0.05) is 31.7 Å². The minimum atomic E-state index is -0.00759. The summed E-state index contributed by atoms with van der Waals surface area (Å²) in [7, 11) is 0. The van der Waals surface area contributed by atoms with Gasteiger partial charge in [-0.3, -0.25) is 9.69 Å². The SMILES string of the molecule is CC1CN(Cc2ccccc2NC(=O)CC2(CN)CCCCC2)CC(C)O1.Cl.Cl. The van der Waals surface area contributed by atoms with E-state index in [4.69, 9.17) is 10.5 Å². The van der Waals surface area contributed by atoms with Gasteiger partial charge in [0.1, 0.15) is 0 Å². The van der Waals surface area contributed by atoms with E-state index in [2.05, 4.69) is 30.1 Å². The highest BCUT2D eigenvalue weighted by Crippen LogP contribution is 2.38. The van der Waals surface area contributed by atoms with Crippen LogP contribution in [0.25, 0.3) is 0 Å². The van der Waals surface area contributed by atoms with Crippen LogP contribution in [-0.4, -0.2) is 42.6 Å². The zero-order chi connectivity index (χ0) is 19.3. The first-order valence-electron chi connectivity index (χ1n) is 10.5. The van der Waals surface area contributed by atoms with Crippen LogP contribution in [0.2, 0.25) is 0 Å². The fraction of sp³-hybridized carbons (Fsp3) is 0.682. The predicted octanol–water partition coefficient (Wildman–Crippen LogP) is 4.38. The number of benzene rings is 1. The molecule has 166 valence electrons. The van der Waals surface area contributed by atoms with Gasteiger partial charge in [-0.2, -0.15) is 0 Å². The van der Waals surface area contributed by atoms with Gasteiger partial charge in [-0.05, 0) is 50.3 Å². The summed E-state index contributed by atoms with van der Waals surface area (Å²) in [6, 6.07) is 8.15. The number of carbonyl (C=O) groups excluding carboxylic acids is 1. The Morgan fingerprint density at radius 2 is 1.76 bits per heavy atom. The van der Waals surface area contributed by atoms with Gasteiger partial charge >= 0.3 is 0 Å². The first-order valence-corrected chi connectivity index (χ1v) is 10.5. The van der Waals surface area contributed by atoms with Crippen LogP contribution in [0.1, 0.15) is 57.9 Å². The zero-order valence-electron chi connectivity index (χ0n) is 17.7. The highest BCUT2D eigenvalue weighted by atomic mass is 35.5. The molecule has 2 unspecified atom stereocenters. The van der Waals surface area contributed by atoms with Gasteiger partial charge in [-0.1, -0.05) is 37.5 Å². The van der Waals surface area contributed by atoms with Gasteiger partial charge in [0.15, 0.2) is 0 Å². The van der Waals surface area contributed by atoms with Crippen molar-refractivity contribution in [1.29, 1.82) is 0 Å². The van der Waals surface area contributed by atoms with Gasteiger partial charge in [-0.25, -0.2) is 0 Å².